The third kappa shape index (κ3) is 4.54. The Morgan fingerprint density at radius 3 is 2.40 bits per heavy atom. The molecule has 3 heterocycles. The molecule has 2 aromatic rings. The second-order valence-corrected chi connectivity index (χ2v) is 7.62. The van der Waals surface area contributed by atoms with Crippen LogP contribution in [0.25, 0.3) is 0 Å². The molecule has 0 saturated carbocycles. The first-order valence-corrected chi connectivity index (χ1v) is 10.3. The third-order valence-corrected chi connectivity index (χ3v) is 5.69. The third-order valence-electron chi connectivity index (χ3n) is 5.69. The van der Waals surface area contributed by atoms with Crippen LogP contribution in [0.3, 0.4) is 0 Å². The zero-order valence-electron chi connectivity index (χ0n) is 16.8. The van der Waals surface area contributed by atoms with Crippen molar-refractivity contribution in [3.8, 4) is 0 Å². The maximum absolute atomic E-state index is 12.9. The highest BCUT2D eigenvalue weighted by molar-refractivity contribution is 5.92. The lowest BCUT2D eigenvalue weighted by atomic mass is 10.1. The minimum atomic E-state index is -0.478. The summed E-state index contributed by atoms with van der Waals surface area (Å²) in [7, 11) is 0. The van der Waals surface area contributed by atoms with Gasteiger partial charge in [0, 0.05) is 45.8 Å². The molecule has 0 bridgehead atoms. The predicted octanol–water partition coefficient (Wildman–Crippen LogP) is 0.955. The quantitative estimate of drug-likeness (QED) is 0.793. The molecule has 2 aliphatic heterocycles. The fourth-order valence-corrected chi connectivity index (χ4v) is 4.00. The van der Waals surface area contributed by atoms with E-state index < -0.39 is 6.04 Å². The van der Waals surface area contributed by atoms with Crippen LogP contribution in [0.4, 0.5) is 0 Å². The summed E-state index contributed by atoms with van der Waals surface area (Å²) < 4.78 is 5.17. The molecule has 2 saturated heterocycles. The van der Waals surface area contributed by atoms with Gasteiger partial charge < -0.3 is 19.5 Å². The van der Waals surface area contributed by atoms with Crippen LogP contribution in [0.5, 0.6) is 0 Å². The Kier molecular flexibility index (Phi) is 6.13. The first kappa shape index (κ1) is 20.2. The molecule has 2 fully saturated rings. The normalized spacial score (nSPS) is 20.1. The van der Waals surface area contributed by atoms with Gasteiger partial charge in [-0.2, -0.15) is 0 Å². The van der Waals surface area contributed by atoms with E-state index in [9.17, 15) is 14.4 Å². The molecule has 158 valence electrons. The minimum absolute atomic E-state index is 0.0554. The van der Waals surface area contributed by atoms with E-state index in [1.165, 1.54) is 6.26 Å². The number of furan rings is 1. The molecule has 30 heavy (non-hydrogen) atoms. The summed E-state index contributed by atoms with van der Waals surface area (Å²) in [6.45, 7) is 3.76. The fraction of sp³-hybridized carbons (Fsp3) is 0.409. The van der Waals surface area contributed by atoms with E-state index >= 15 is 0 Å². The molecule has 4 rings (SSSR count). The van der Waals surface area contributed by atoms with Crippen molar-refractivity contribution < 1.29 is 18.8 Å². The number of nitrogens with zero attached hydrogens (tertiary/aromatic N) is 3. The van der Waals surface area contributed by atoms with E-state index in [1.54, 1.807) is 21.9 Å². The van der Waals surface area contributed by atoms with Crippen LogP contribution in [0.15, 0.2) is 53.1 Å². The summed E-state index contributed by atoms with van der Waals surface area (Å²) in [4.78, 5) is 43.3. The van der Waals surface area contributed by atoms with E-state index in [0.717, 1.165) is 5.56 Å². The molecule has 0 unspecified atom stereocenters. The Labute approximate surface area is 175 Å². The first-order valence-electron chi connectivity index (χ1n) is 10.3. The minimum Gasteiger partial charge on any atom is -0.459 e. The fourth-order valence-electron chi connectivity index (χ4n) is 4.00. The van der Waals surface area contributed by atoms with Gasteiger partial charge in [-0.25, -0.2) is 0 Å². The summed E-state index contributed by atoms with van der Waals surface area (Å²) >= 11 is 0. The van der Waals surface area contributed by atoms with Crippen molar-refractivity contribution in [2.24, 2.45) is 0 Å². The van der Waals surface area contributed by atoms with Gasteiger partial charge in [-0.3, -0.25) is 19.3 Å². The van der Waals surface area contributed by atoms with Crippen molar-refractivity contribution in [2.45, 2.75) is 19.0 Å². The zero-order chi connectivity index (χ0) is 20.9. The standard InChI is InChI=1S/C22H26N4O4/c27-20(24-10-12-25(13-11-24)22(29)19-7-4-14-30-19)15-18-21(28)23-8-9-26(18)16-17-5-2-1-3-6-17/h1-7,14,18H,8-13,15-16H2,(H,23,28)/t18-/m0/s1. The van der Waals surface area contributed by atoms with Crippen LogP contribution in [0.1, 0.15) is 22.5 Å². The number of benzene rings is 1. The second-order valence-electron chi connectivity index (χ2n) is 7.62. The Balaban J connectivity index is 1.34. The summed E-state index contributed by atoms with van der Waals surface area (Å²) in [6.07, 6.45) is 1.62. The van der Waals surface area contributed by atoms with Gasteiger partial charge in [0.1, 0.15) is 0 Å². The monoisotopic (exact) mass is 410 g/mol. The molecule has 1 aromatic heterocycles. The zero-order valence-corrected chi connectivity index (χ0v) is 16.8. The number of hydrogen-bond donors (Lipinski definition) is 1. The SMILES string of the molecule is O=C1NCCN(Cc2ccccc2)[C@H]1CC(=O)N1CCN(C(=O)c2ccco2)CC1. The number of rotatable bonds is 5. The molecule has 1 aromatic carbocycles. The average molecular weight is 410 g/mol. The molecule has 0 radical (unpaired) electrons. The molecule has 8 heteroatoms. The van der Waals surface area contributed by atoms with Gasteiger partial charge in [0.15, 0.2) is 5.76 Å². The highest BCUT2D eigenvalue weighted by Crippen LogP contribution is 2.16. The van der Waals surface area contributed by atoms with Crippen molar-refractivity contribution in [3.05, 3.63) is 60.1 Å². The summed E-state index contributed by atoms with van der Waals surface area (Å²) in [6, 6.07) is 12.8. The lowest BCUT2D eigenvalue weighted by Crippen LogP contribution is -2.57. The lowest BCUT2D eigenvalue weighted by Gasteiger charge is -2.38. The maximum atomic E-state index is 12.9. The molecule has 0 spiro atoms. The van der Waals surface area contributed by atoms with Crippen molar-refractivity contribution in [3.63, 3.8) is 0 Å². The van der Waals surface area contributed by atoms with Gasteiger partial charge in [0.25, 0.3) is 5.91 Å². The van der Waals surface area contributed by atoms with Crippen molar-refractivity contribution >= 4 is 17.7 Å². The smallest absolute Gasteiger partial charge is 0.289 e. The Morgan fingerprint density at radius 2 is 1.70 bits per heavy atom. The highest BCUT2D eigenvalue weighted by Gasteiger charge is 2.34. The van der Waals surface area contributed by atoms with E-state index in [2.05, 4.69) is 10.2 Å². The summed E-state index contributed by atoms with van der Waals surface area (Å²) in [5, 5.41) is 2.88. The van der Waals surface area contributed by atoms with Gasteiger partial charge in [-0.15, -0.1) is 0 Å². The van der Waals surface area contributed by atoms with Crippen LogP contribution in [0.2, 0.25) is 0 Å². The van der Waals surface area contributed by atoms with Gasteiger partial charge in [0.05, 0.1) is 18.7 Å². The molecule has 1 atom stereocenters. The molecule has 2 aliphatic rings. The molecule has 0 aliphatic carbocycles. The maximum Gasteiger partial charge on any atom is 0.289 e. The Morgan fingerprint density at radius 1 is 0.967 bits per heavy atom. The van der Waals surface area contributed by atoms with E-state index in [1.807, 2.05) is 30.3 Å². The average Bonchev–Trinajstić information content (AvgIpc) is 3.31. The number of amides is 3. The number of piperazine rings is 2. The summed E-state index contributed by atoms with van der Waals surface area (Å²) in [5.41, 5.74) is 1.12. The molecular weight excluding hydrogens is 384 g/mol. The van der Waals surface area contributed by atoms with Gasteiger partial charge >= 0.3 is 0 Å². The molecular formula is C22H26N4O4. The Bertz CT molecular complexity index is 876. The Hall–Kier alpha value is -3.13. The van der Waals surface area contributed by atoms with Gasteiger partial charge in [0.2, 0.25) is 11.8 Å². The number of carbonyl (C=O) groups is 3. The molecule has 8 nitrogen and oxygen atoms in total. The summed E-state index contributed by atoms with van der Waals surface area (Å²) in [5.74, 6) is -0.00428. The largest absolute Gasteiger partial charge is 0.459 e. The van der Waals surface area contributed by atoms with Crippen molar-refractivity contribution in [1.29, 1.82) is 0 Å². The molecule has 3 amide bonds. The van der Waals surface area contributed by atoms with E-state index in [4.69, 9.17) is 4.42 Å². The van der Waals surface area contributed by atoms with Crippen LogP contribution >= 0.6 is 0 Å². The molecule has 1 N–H and O–H groups in total. The van der Waals surface area contributed by atoms with Gasteiger partial charge in [-0.05, 0) is 17.7 Å². The van der Waals surface area contributed by atoms with E-state index in [-0.39, 0.29) is 24.1 Å². The van der Waals surface area contributed by atoms with Crippen molar-refractivity contribution in [1.82, 2.24) is 20.0 Å². The lowest BCUT2D eigenvalue weighted by molar-refractivity contribution is -0.140. The topological polar surface area (TPSA) is 86.1 Å². The number of carbonyl (C=O) groups excluding carboxylic acids is 3. The highest BCUT2D eigenvalue weighted by atomic mass is 16.3. The van der Waals surface area contributed by atoms with Crippen LogP contribution in [-0.4, -0.2) is 77.7 Å². The second kappa shape index (κ2) is 9.13. The van der Waals surface area contributed by atoms with Crippen molar-refractivity contribution in [2.75, 3.05) is 39.3 Å². The van der Waals surface area contributed by atoms with Crippen LogP contribution in [-0.2, 0) is 16.1 Å². The first-order chi connectivity index (χ1) is 14.6. The van der Waals surface area contributed by atoms with Crippen LogP contribution < -0.4 is 5.32 Å². The van der Waals surface area contributed by atoms with Gasteiger partial charge in [-0.1, -0.05) is 30.3 Å². The number of nitrogens with one attached hydrogen (secondary N) is 1. The predicted molar refractivity (Wildman–Crippen MR) is 109 cm³/mol. The number of hydrogen-bond acceptors (Lipinski definition) is 5. The van der Waals surface area contributed by atoms with E-state index in [0.29, 0.717) is 51.6 Å². The van der Waals surface area contributed by atoms with Crippen LogP contribution in [0, 0.1) is 0 Å².